The van der Waals surface area contributed by atoms with Crippen LogP contribution in [0.5, 0.6) is 0 Å². The maximum atomic E-state index is 11.2. The summed E-state index contributed by atoms with van der Waals surface area (Å²) in [6.45, 7) is 7.44. The van der Waals surface area contributed by atoms with Crippen molar-refractivity contribution in [1.29, 1.82) is 0 Å². The smallest absolute Gasteiger partial charge is 0.233 e. The molecule has 5 heteroatoms. The summed E-state index contributed by atoms with van der Waals surface area (Å²) in [6.07, 6.45) is 2.93. The van der Waals surface area contributed by atoms with Crippen LogP contribution in [0.1, 0.15) is 19.8 Å². The van der Waals surface area contributed by atoms with Gasteiger partial charge in [-0.15, -0.1) is 6.58 Å². The predicted octanol–water partition coefficient (Wildman–Crippen LogP) is -0.205. The largest absolute Gasteiger partial charge is 0.356 e. The summed E-state index contributed by atoms with van der Waals surface area (Å²) in [7, 11) is 0. The van der Waals surface area contributed by atoms with Crippen molar-refractivity contribution in [3.8, 4) is 0 Å². The average molecular weight is 227 g/mol. The molecule has 0 aliphatic rings. The minimum absolute atomic E-state index is 0.0267. The molecule has 0 saturated carbocycles. The van der Waals surface area contributed by atoms with Crippen LogP contribution < -0.4 is 16.0 Å². The standard InChI is InChI=1S/C11H21N3O2/c1-3-6-12-9-11(16)14-8-5-10(15)13-7-4-2/h3,12H,1,4-9H2,2H3,(H,13,15)(H,14,16). The van der Waals surface area contributed by atoms with Crippen LogP contribution in [0.25, 0.3) is 0 Å². The summed E-state index contributed by atoms with van der Waals surface area (Å²) in [5, 5.41) is 8.27. The van der Waals surface area contributed by atoms with Crippen molar-refractivity contribution >= 4 is 11.8 Å². The third-order valence-electron chi connectivity index (χ3n) is 1.82. The summed E-state index contributed by atoms with van der Waals surface area (Å²) in [5.74, 6) is -0.133. The first kappa shape index (κ1) is 14.6. The number of carbonyl (C=O) groups excluding carboxylic acids is 2. The number of rotatable bonds is 9. The first-order chi connectivity index (χ1) is 7.70. The van der Waals surface area contributed by atoms with Crippen molar-refractivity contribution in [2.75, 3.05) is 26.2 Å². The highest BCUT2D eigenvalue weighted by atomic mass is 16.2. The van der Waals surface area contributed by atoms with E-state index < -0.39 is 0 Å². The lowest BCUT2D eigenvalue weighted by Crippen LogP contribution is -2.36. The minimum Gasteiger partial charge on any atom is -0.356 e. The van der Waals surface area contributed by atoms with E-state index in [1.807, 2.05) is 6.92 Å². The number of nitrogens with one attached hydrogen (secondary N) is 3. The Bertz CT molecular complexity index is 229. The lowest BCUT2D eigenvalue weighted by molar-refractivity contribution is -0.121. The molecule has 0 rings (SSSR count). The topological polar surface area (TPSA) is 70.2 Å². The molecule has 2 amide bonds. The molecule has 0 aromatic carbocycles. The van der Waals surface area contributed by atoms with E-state index in [4.69, 9.17) is 0 Å². The Balaban J connectivity index is 3.39. The normalized spacial score (nSPS) is 9.56. The monoisotopic (exact) mass is 227 g/mol. The first-order valence-corrected chi connectivity index (χ1v) is 5.55. The van der Waals surface area contributed by atoms with Gasteiger partial charge in [0.25, 0.3) is 0 Å². The van der Waals surface area contributed by atoms with E-state index in [-0.39, 0.29) is 18.4 Å². The second kappa shape index (κ2) is 10.2. The van der Waals surface area contributed by atoms with Gasteiger partial charge >= 0.3 is 0 Å². The van der Waals surface area contributed by atoms with E-state index >= 15 is 0 Å². The fourth-order valence-corrected chi connectivity index (χ4v) is 1.02. The van der Waals surface area contributed by atoms with Crippen molar-refractivity contribution < 1.29 is 9.59 Å². The molecular weight excluding hydrogens is 206 g/mol. The lowest BCUT2D eigenvalue weighted by atomic mass is 10.3. The van der Waals surface area contributed by atoms with E-state index in [2.05, 4.69) is 22.5 Å². The molecule has 0 radical (unpaired) electrons. The van der Waals surface area contributed by atoms with Crippen molar-refractivity contribution in [2.45, 2.75) is 19.8 Å². The SMILES string of the molecule is C=CCNCC(=O)NCCC(=O)NCCC. The number of carbonyl (C=O) groups is 2. The van der Waals surface area contributed by atoms with Gasteiger partial charge in [-0.3, -0.25) is 9.59 Å². The number of hydrogen-bond acceptors (Lipinski definition) is 3. The highest BCUT2D eigenvalue weighted by Gasteiger charge is 2.02. The molecule has 0 aliphatic heterocycles. The van der Waals surface area contributed by atoms with Gasteiger partial charge in [-0.1, -0.05) is 13.0 Å². The predicted molar refractivity (Wildman–Crippen MR) is 64.0 cm³/mol. The van der Waals surface area contributed by atoms with Crippen LogP contribution in [0, 0.1) is 0 Å². The van der Waals surface area contributed by atoms with Crippen LogP contribution in [-0.4, -0.2) is 38.0 Å². The lowest BCUT2D eigenvalue weighted by Gasteiger charge is -2.06. The van der Waals surface area contributed by atoms with Crippen molar-refractivity contribution in [3.63, 3.8) is 0 Å². The third-order valence-corrected chi connectivity index (χ3v) is 1.82. The average Bonchev–Trinajstić information content (AvgIpc) is 2.26. The Labute approximate surface area is 96.7 Å². The van der Waals surface area contributed by atoms with Gasteiger partial charge in [-0.2, -0.15) is 0 Å². The Morgan fingerprint density at radius 2 is 1.88 bits per heavy atom. The Kier molecular flexibility index (Phi) is 9.30. The quantitative estimate of drug-likeness (QED) is 0.377. The van der Waals surface area contributed by atoms with Crippen LogP contribution in [0.4, 0.5) is 0 Å². The van der Waals surface area contributed by atoms with Gasteiger partial charge in [-0.05, 0) is 6.42 Å². The molecule has 0 saturated heterocycles. The number of amides is 2. The fraction of sp³-hybridized carbons (Fsp3) is 0.636. The maximum absolute atomic E-state index is 11.2. The molecule has 0 aromatic rings. The van der Waals surface area contributed by atoms with E-state index in [0.717, 1.165) is 6.42 Å². The van der Waals surface area contributed by atoms with Crippen LogP contribution in [0.15, 0.2) is 12.7 Å². The van der Waals surface area contributed by atoms with Gasteiger partial charge in [0, 0.05) is 26.1 Å². The Hall–Kier alpha value is -1.36. The molecule has 0 aromatic heterocycles. The summed E-state index contributed by atoms with van der Waals surface area (Å²) < 4.78 is 0. The van der Waals surface area contributed by atoms with Gasteiger partial charge in [0.2, 0.25) is 11.8 Å². The molecule has 0 fully saturated rings. The van der Waals surface area contributed by atoms with Crippen LogP contribution in [0.2, 0.25) is 0 Å². The maximum Gasteiger partial charge on any atom is 0.233 e. The zero-order valence-electron chi connectivity index (χ0n) is 9.84. The Morgan fingerprint density at radius 3 is 2.50 bits per heavy atom. The Morgan fingerprint density at radius 1 is 1.19 bits per heavy atom. The molecule has 0 heterocycles. The molecular formula is C11H21N3O2. The molecule has 0 unspecified atom stereocenters. The zero-order valence-corrected chi connectivity index (χ0v) is 9.84. The highest BCUT2D eigenvalue weighted by molar-refractivity contribution is 5.80. The van der Waals surface area contributed by atoms with Gasteiger partial charge in [0.1, 0.15) is 0 Å². The fourth-order valence-electron chi connectivity index (χ4n) is 1.02. The van der Waals surface area contributed by atoms with Gasteiger partial charge in [0.15, 0.2) is 0 Å². The third kappa shape index (κ3) is 9.21. The highest BCUT2D eigenvalue weighted by Crippen LogP contribution is 1.79. The van der Waals surface area contributed by atoms with E-state index in [1.54, 1.807) is 6.08 Å². The molecule has 0 spiro atoms. The van der Waals surface area contributed by atoms with Crippen molar-refractivity contribution in [2.24, 2.45) is 0 Å². The molecule has 16 heavy (non-hydrogen) atoms. The summed E-state index contributed by atoms with van der Waals surface area (Å²) in [4.78, 5) is 22.3. The van der Waals surface area contributed by atoms with E-state index in [1.165, 1.54) is 0 Å². The van der Waals surface area contributed by atoms with E-state index in [0.29, 0.717) is 26.1 Å². The van der Waals surface area contributed by atoms with Crippen LogP contribution in [-0.2, 0) is 9.59 Å². The van der Waals surface area contributed by atoms with E-state index in [9.17, 15) is 9.59 Å². The van der Waals surface area contributed by atoms with Gasteiger partial charge in [0.05, 0.1) is 6.54 Å². The second-order valence-corrected chi connectivity index (χ2v) is 3.37. The minimum atomic E-state index is -0.106. The van der Waals surface area contributed by atoms with Crippen LogP contribution in [0.3, 0.4) is 0 Å². The second-order valence-electron chi connectivity index (χ2n) is 3.37. The molecule has 5 nitrogen and oxygen atoms in total. The summed E-state index contributed by atoms with van der Waals surface area (Å²) >= 11 is 0. The molecule has 3 N–H and O–H groups in total. The summed E-state index contributed by atoms with van der Waals surface area (Å²) in [5.41, 5.74) is 0. The first-order valence-electron chi connectivity index (χ1n) is 5.55. The van der Waals surface area contributed by atoms with Crippen molar-refractivity contribution in [1.82, 2.24) is 16.0 Å². The molecule has 0 atom stereocenters. The van der Waals surface area contributed by atoms with Crippen molar-refractivity contribution in [3.05, 3.63) is 12.7 Å². The van der Waals surface area contributed by atoms with Crippen LogP contribution >= 0.6 is 0 Å². The zero-order chi connectivity index (χ0) is 12.2. The van der Waals surface area contributed by atoms with Gasteiger partial charge in [-0.25, -0.2) is 0 Å². The molecule has 0 bridgehead atoms. The summed E-state index contributed by atoms with van der Waals surface area (Å²) in [6, 6.07) is 0. The number of hydrogen-bond donors (Lipinski definition) is 3. The molecule has 92 valence electrons. The van der Waals surface area contributed by atoms with Gasteiger partial charge < -0.3 is 16.0 Å². The molecule has 0 aliphatic carbocycles.